The molecule has 0 aliphatic heterocycles. The summed E-state index contributed by atoms with van der Waals surface area (Å²) in [5.41, 5.74) is 2.45. The van der Waals surface area contributed by atoms with Gasteiger partial charge in [0.1, 0.15) is 6.61 Å². The van der Waals surface area contributed by atoms with Crippen LogP contribution in [0.2, 0.25) is 0 Å². The molecule has 0 spiro atoms. The lowest BCUT2D eigenvalue weighted by Gasteiger charge is -2.11. The van der Waals surface area contributed by atoms with Crippen LogP contribution in [0.25, 0.3) is 16.9 Å². The van der Waals surface area contributed by atoms with E-state index in [-0.39, 0.29) is 6.10 Å². The standard InChI is InChI=1S/C19H23N3O4/c1-13(2)26-19-8-7-18-20-15(12-22(18)21-19)14-5-6-16(17(11-14)24-4)25-10-9-23-3/h5-8,11-13H,9-10H2,1-4H3. The predicted molar refractivity (Wildman–Crippen MR) is 98.1 cm³/mol. The minimum absolute atomic E-state index is 0.0675. The normalized spacial score (nSPS) is 11.1. The molecule has 2 heterocycles. The van der Waals surface area contributed by atoms with Gasteiger partial charge in [-0.3, -0.25) is 0 Å². The average molecular weight is 357 g/mol. The topological polar surface area (TPSA) is 67.1 Å². The van der Waals surface area contributed by atoms with Crippen molar-refractivity contribution in [1.29, 1.82) is 0 Å². The van der Waals surface area contributed by atoms with Crippen molar-refractivity contribution in [2.75, 3.05) is 27.4 Å². The molecule has 0 unspecified atom stereocenters. The zero-order valence-electron chi connectivity index (χ0n) is 15.4. The van der Waals surface area contributed by atoms with Crippen molar-refractivity contribution in [3.63, 3.8) is 0 Å². The summed E-state index contributed by atoms with van der Waals surface area (Å²) in [4.78, 5) is 4.61. The molecule has 0 fully saturated rings. The van der Waals surface area contributed by atoms with Crippen LogP contribution in [-0.2, 0) is 4.74 Å². The molecule has 3 aromatic rings. The van der Waals surface area contributed by atoms with E-state index in [4.69, 9.17) is 18.9 Å². The van der Waals surface area contributed by atoms with Crippen LogP contribution in [0, 0.1) is 0 Å². The predicted octanol–water partition coefficient (Wildman–Crippen LogP) is 3.22. The Morgan fingerprint density at radius 3 is 2.62 bits per heavy atom. The lowest BCUT2D eigenvalue weighted by Crippen LogP contribution is -2.08. The van der Waals surface area contributed by atoms with Crippen molar-refractivity contribution >= 4 is 5.65 Å². The maximum absolute atomic E-state index is 5.67. The highest BCUT2D eigenvalue weighted by atomic mass is 16.5. The van der Waals surface area contributed by atoms with Gasteiger partial charge < -0.3 is 18.9 Å². The van der Waals surface area contributed by atoms with E-state index in [1.54, 1.807) is 18.7 Å². The second-order valence-corrected chi connectivity index (χ2v) is 5.97. The minimum atomic E-state index is 0.0675. The number of fused-ring (bicyclic) bond motifs is 1. The summed E-state index contributed by atoms with van der Waals surface area (Å²) in [5, 5.41) is 4.43. The molecule has 1 aromatic carbocycles. The fourth-order valence-electron chi connectivity index (χ4n) is 2.49. The van der Waals surface area contributed by atoms with Gasteiger partial charge in [-0.15, -0.1) is 5.10 Å². The molecular weight excluding hydrogens is 334 g/mol. The van der Waals surface area contributed by atoms with Crippen molar-refractivity contribution < 1.29 is 18.9 Å². The molecule has 0 bridgehead atoms. The largest absolute Gasteiger partial charge is 0.493 e. The Morgan fingerprint density at radius 1 is 1.04 bits per heavy atom. The average Bonchev–Trinajstić information content (AvgIpc) is 3.05. The monoisotopic (exact) mass is 357 g/mol. The zero-order chi connectivity index (χ0) is 18.5. The number of nitrogens with zero attached hydrogens (tertiary/aromatic N) is 3. The Labute approximate surface area is 152 Å². The van der Waals surface area contributed by atoms with Crippen LogP contribution in [0.4, 0.5) is 0 Å². The highest BCUT2D eigenvalue weighted by Gasteiger charge is 2.11. The smallest absolute Gasteiger partial charge is 0.232 e. The van der Waals surface area contributed by atoms with Gasteiger partial charge in [0, 0.05) is 18.7 Å². The van der Waals surface area contributed by atoms with Crippen LogP contribution in [0.15, 0.2) is 36.5 Å². The quantitative estimate of drug-likeness (QED) is 0.577. The van der Waals surface area contributed by atoms with Crippen LogP contribution >= 0.6 is 0 Å². The molecule has 0 atom stereocenters. The summed E-state index contributed by atoms with van der Waals surface area (Å²) in [6.07, 6.45) is 1.93. The number of rotatable bonds is 8. The Hall–Kier alpha value is -2.80. The summed E-state index contributed by atoms with van der Waals surface area (Å²) in [7, 11) is 3.25. The number of imidazole rings is 1. The number of methoxy groups -OCH3 is 2. The second kappa shape index (κ2) is 8.05. The fraction of sp³-hybridized carbons (Fsp3) is 0.368. The van der Waals surface area contributed by atoms with E-state index in [0.29, 0.717) is 30.6 Å². The van der Waals surface area contributed by atoms with Crippen molar-refractivity contribution in [3.05, 3.63) is 36.5 Å². The van der Waals surface area contributed by atoms with Gasteiger partial charge in [0.2, 0.25) is 5.88 Å². The first-order valence-electron chi connectivity index (χ1n) is 8.44. The van der Waals surface area contributed by atoms with Gasteiger partial charge in [-0.2, -0.15) is 0 Å². The third kappa shape index (κ3) is 4.05. The molecule has 7 nitrogen and oxygen atoms in total. The molecule has 2 aromatic heterocycles. The molecule has 0 amide bonds. The molecule has 0 N–H and O–H groups in total. The van der Waals surface area contributed by atoms with Crippen molar-refractivity contribution in [1.82, 2.24) is 14.6 Å². The molecule has 7 heteroatoms. The van der Waals surface area contributed by atoms with Gasteiger partial charge in [0.05, 0.1) is 31.7 Å². The van der Waals surface area contributed by atoms with Crippen molar-refractivity contribution in [3.8, 4) is 28.6 Å². The minimum Gasteiger partial charge on any atom is -0.493 e. The van der Waals surface area contributed by atoms with Crippen molar-refractivity contribution in [2.45, 2.75) is 20.0 Å². The number of hydrogen-bond acceptors (Lipinski definition) is 6. The van der Waals surface area contributed by atoms with Crippen LogP contribution in [0.3, 0.4) is 0 Å². The summed E-state index contributed by atoms with van der Waals surface area (Å²) in [5.74, 6) is 1.88. The van der Waals surface area contributed by atoms with E-state index in [1.165, 1.54) is 0 Å². The van der Waals surface area contributed by atoms with Gasteiger partial charge in [0.15, 0.2) is 17.1 Å². The zero-order valence-corrected chi connectivity index (χ0v) is 15.4. The fourth-order valence-corrected chi connectivity index (χ4v) is 2.49. The first-order chi connectivity index (χ1) is 12.6. The second-order valence-electron chi connectivity index (χ2n) is 5.97. The summed E-state index contributed by atoms with van der Waals surface area (Å²) in [6, 6.07) is 9.41. The van der Waals surface area contributed by atoms with Crippen LogP contribution in [0.1, 0.15) is 13.8 Å². The molecular formula is C19H23N3O4. The molecule has 0 aliphatic carbocycles. The van der Waals surface area contributed by atoms with E-state index < -0.39 is 0 Å². The lowest BCUT2D eigenvalue weighted by molar-refractivity contribution is 0.144. The SMILES string of the molecule is COCCOc1ccc(-c2cn3nc(OC(C)C)ccc3n2)cc1OC. The Balaban J connectivity index is 1.88. The van der Waals surface area contributed by atoms with Gasteiger partial charge >= 0.3 is 0 Å². The van der Waals surface area contributed by atoms with E-state index in [9.17, 15) is 0 Å². The van der Waals surface area contributed by atoms with Crippen LogP contribution < -0.4 is 14.2 Å². The molecule has 3 rings (SSSR count). The molecule has 0 saturated heterocycles. The molecule has 26 heavy (non-hydrogen) atoms. The first-order valence-corrected chi connectivity index (χ1v) is 8.44. The van der Waals surface area contributed by atoms with Crippen LogP contribution in [0.5, 0.6) is 17.4 Å². The van der Waals surface area contributed by atoms with Gasteiger partial charge in [0.25, 0.3) is 0 Å². The van der Waals surface area contributed by atoms with Gasteiger partial charge in [-0.25, -0.2) is 9.50 Å². The molecule has 0 saturated carbocycles. The lowest BCUT2D eigenvalue weighted by atomic mass is 10.1. The van der Waals surface area contributed by atoms with Crippen molar-refractivity contribution in [2.24, 2.45) is 0 Å². The van der Waals surface area contributed by atoms with Gasteiger partial charge in [-0.05, 0) is 38.1 Å². The molecule has 138 valence electrons. The third-order valence-corrected chi connectivity index (χ3v) is 3.66. The summed E-state index contributed by atoms with van der Waals surface area (Å²) >= 11 is 0. The van der Waals surface area contributed by atoms with E-state index in [1.807, 2.05) is 50.4 Å². The number of aromatic nitrogens is 3. The maximum Gasteiger partial charge on any atom is 0.232 e. The van der Waals surface area contributed by atoms with E-state index in [2.05, 4.69) is 10.1 Å². The number of benzene rings is 1. The van der Waals surface area contributed by atoms with Crippen LogP contribution in [-0.4, -0.2) is 48.1 Å². The highest BCUT2D eigenvalue weighted by Crippen LogP contribution is 2.32. The summed E-state index contributed by atoms with van der Waals surface area (Å²) < 4.78 is 23.4. The molecule has 0 aliphatic rings. The number of ether oxygens (including phenoxy) is 4. The maximum atomic E-state index is 5.67. The van der Waals surface area contributed by atoms with E-state index in [0.717, 1.165) is 16.9 Å². The Morgan fingerprint density at radius 2 is 1.88 bits per heavy atom. The first kappa shape index (κ1) is 18.0. The van der Waals surface area contributed by atoms with E-state index >= 15 is 0 Å². The number of hydrogen-bond donors (Lipinski definition) is 0. The molecule has 0 radical (unpaired) electrons. The summed E-state index contributed by atoms with van der Waals surface area (Å²) in [6.45, 7) is 4.91. The van der Waals surface area contributed by atoms with Gasteiger partial charge in [-0.1, -0.05) is 0 Å². The Kier molecular flexibility index (Phi) is 5.58. The third-order valence-electron chi connectivity index (χ3n) is 3.66. The Bertz CT molecular complexity index is 876. The highest BCUT2D eigenvalue weighted by molar-refractivity contribution is 5.66.